The topological polar surface area (TPSA) is 159 Å². The molecule has 1 amide bonds. The van der Waals surface area contributed by atoms with Gasteiger partial charge < -0.3 is 18.9 Å². The molecular weight excluding hydrogens is 723 g/mol. The lowest BCUT2D eigenvalue weighted by Gasteiger charge is -2.19. The van der Waals surface area contributed by atoms with Gasteiger partial charge in [-0.1, -0.05) is 49.4 Å². The lowest BCUT2D eigenvalue weighted by Crippen LogP contribution is -2.35. The van der Waals surface area contributed by atoms with Crippen molar-refractivity contribution in [2.45, 2.75) is 113 Å². The number of carbonyl (C=O) groups is 3. The number of hydrogen-bond donors (Lipinski definition) is 2. The number of hydrogen-bond acceptors (Lipinski definition) is 10. The SMILES string of the molecule is CC(=O)C(CCOc1ccc(CCN=C(C)NC(=O)OC(C)(C)C)cc1)Oc1ccccc1C.CC(=O)OC(C)(C)C.CCc1cccc(NS(C)(=O)=O)c1. The predicted octanol–water partition coefficient (Wildman–Crippen LogP) is 8.25. The van der Waals surface area contributed by atoms with Crippen molar-refractivity contribution < 1.29 is 41.7 Å². The minimum absolute atomic E-state index is 0.0285. The lowest BCUT2D eigenvalue weighted by molar-refractivity contribution is -0.151. The van der Waals surface area contributed by atoms with Crippen molar-refractivity contribution in [3.05, 3.63) is 89.5 Å². The zero-order valence-electron chi connectivity index (χ0n) is 34.6. The molecule has 0 heterocycles. The van der Waals surface area contributed by atoms with Crippen LogP contribution >= 0.6 is 0 Å². The van der Waals surface area contributed by atoms with Crippen LogP contribution in [0.3, 0.4) is 0 Å². The summed E-state index contributed by atoms with van der Waals surface area (Å²) in [6.07, 6.45) is 2.18. The highest BCUT2D eigenvalue weighted by Gasteiger charge is 2.18. The zero-order chi connectivity index (χ0) is 41.8. The van der Waals surface area contributed by atoms with Gasteiger partial charge >= 0.3 is 12.1 Å². The molecule has 0 spiro atoms. The third-order valence-corrected chi connectivity index (χ3v) is 7.51. The van der Waals surface area contributed by atoms with E-state index in [4.69, 9.17) is 18.9 Å². The Morgan fingerprint density at radius 1 is 0.818 bits per heavy atom. The zero-order valence-corrected chi connectivity index (χ0v) is 35.4. The first-order valence-corrected chi connectivity index (χ1v) is 20.1. The second-order valence-electron chi connectivity index (χ2n) is 14.7. The van der Waals surface area contributed by atoms with Gasteiger partial charge in [-0.2, -0.15) is 0 Å². The molecule has 0 aliphatic carbocycles. The quantitative estimate of drug-likeness (QED) is 0.0989. The van der Waals surface area contributed by atoms with Gasteiger partial charge in [-0.25, -0.2) is 13.2 Å². The number of Topliss-reactive ketones (excluding diaryl/α,β-unsaturated/α-hetero) is 1. The summed E-state index contributed by atoms with van der Waals surface area (Å²) in [6, 6.07) is 22.8. The van der Waals surface area contributed by atoms with E-state index in [0.29, 0.717) is 36.8 Å². The molecule has 0 bridgehead atoms. The molecule has 0 radical (unpaired) electrons. The summed E-state index contributed by atoms with van der Waals surface area (Å²) in [5.41, 5.74) is 2.97. The molecule has 3 rings (SSSR count). The normalized spacial score (nSPS) is 12.0. The third kappa shape index (κ3) is 24.2. The summed E-state index contributed by atoms with van der Waals surface area (Å²) in [4.78, 5) is 38.4. The van der Waals surface area contributed by atoms with E-state index >= 15 is 0 Å². The van der Waals surface area contributed by atoms with E-state index in [-0.39, 0.29) is 17.4 Å². The molecule has 13 heteroatoms. The van der Waals surface area contributed by atoms with Crippen molar-refractivity contribution in [1.82, 2.24) is 5.32 Å². The van der Waals surface area contributed by atoms with Crippen molar-refractivity contribution in [1.29, 1.82) is 0 Å². The minimum Gasteiger partial charge on any atom is -0.493 e. The molecule has 3 aromatic carbocycles. The summed E-state index contributed by atoms with van der Waals surface area (Å²) < 4.78 is 45.9. The molecule has 12 nitrogen and oxygen atoms in total. The van der Waals surface area contributed by atoms with E-state index in [9.17, 15) is 22.8 Å². The first-order chi connectivity index (χ1) is 25.5. The predicted molar refractivity (Wildman–Crippen MR) is 220 cm³/mol. The van der Waals surface area contributed by atoms with Crippen LogP contribution in [-0.2, 0) is 41.9 Å². The number of carbonyl (C=O) groups excluding carboxylic acids is 3. The number of ether oxygens (including phenoxy) is 4. The maximum atomic E-state index is 12.0. The monoisotopic (exact) mass is 783 g/mol. The minimum atomic E-state index is -3.15. The van der Waals surface area contributed by atoms with Crippen LogP contribution in [0.4, 0.5) is 10.5 Å². The molecule has 2 N–H and O–H groups in total. The van der Waals surface area contributed by atoms with Gasteiger partial charge in [0.05, 0.1) is 12.9 Å². The number of amides is 1. The Morgan fingerprint density at radius 2 is 1.44 bits per heavy atom. The molecule has 0 saturated heterocycles. The van der Waals surface area contributed by atoms with Gasteiger partial charge in [0.2, 0.25) is 10.0 Å². The maximum Gasteiger partial charge on any atom is 0.413 e. The van der Waals surface area contributed by atoms with Crippen LogP contribution < -0.4 is 19.5 Å². The van der Waals surface area contributed by atoms with E-state index in [1.165, 1.54) is 13.8 Å². The first-order valence-electron chi connectivity index (χ1n) is 18.2. The van der Waals surface area contributed by atoms with Crippen LogP contribution in [0, 0.1) is 6.92 Å². The van der Waals surface area contributed by atoms with E-state index in [2.05, 4.69) is 15.0 Å². The van der Waals surface area contributed by atoms with Gasteiger partial charge in [0.1, 0.15) is 28.5 Å². The molecule has 0 aliphatic heterocycles. The summed E-state index contributed by atoms with van der Waals surface area (Å²) >= 11 is 0. The molecule has 0 saturated carbocycles. The number of ketones is 1. The summed E-state index contributed by atoms with van der Waals surface area (Å²) in [5, 5.41) is 2.62. The smallest absolute Gasteiger partial charge is 0.413 e. The molecule has 0 fully saturated rings. The number of nitrogens with one attached hydrogen (secondary N) is 2. The Morgan fingerprint density at radius 3 is 1.95 bits per heavy atom. The molecule has 0 aromatic heterocycles. The van der Waals surface area contributed by atoms with Crippen molar-refractivity contribution in [3.63, 3.8) is 0 Å². The number of esters is 1. The van der Waals surface area contributed by atoms with Gasteiger partial charge in [-0.15, -0.1) is 0 Å². The van der Waals surface area contributed by atoms with E-state index < -0.39 is 27.8 Å². The molecule has 1 atom stereocenters. The van der Waals surface area contributed by atoms with E-state index in [1.54, 1.807) is 13.0 Å². The Labute approximate surface area is 328 Å². The first kappa shape index (κ1) is 48.1. The maximum absolute atomic E-state index is 12.0. The third-order valence-electron chi connectivity index (χ3n) is 6.91. The van der Waals surface area contributed by atoms with Crippen molar-refractivity contribution in [3.8, 4) is 11.5 Å². The number of aryl methyl sites for hydroxylation is 2. The number of nitrogens with zero attached hydrogens (tertiary/aromatic N) is 1. The van der Waals surface area contributed by atoms with Crippen LogP contribution in [0.5, 0.6) is 11.5 Å². The largest absolute Gasteiger partial charge is 0.493 e. The fourth-order valence-electron chi connectivity index (χ4n) is 4.57. The average molecular weight is 784 g/mol. The van der Waals surface area contributed by atoms with Gasteiger partial charge in [0.25, 0.3) is 0 Å². The molecule has 3 aromatic rings. The fourth-order valence-corrected chi connectivity index (χ4v) is 5.12. The summed E-state index contributed by atoms with van der Waals surface area (Å²) in [7, 11) is -3.15. The van der Waals surface area contributed by atoms with Gasteiger partial charge in [-0.3, -0.25) is 24.6 Å². The highest BCUT2D eigenvalue weighted by atomic mass is 32.2. The second-order valence-corrected chi connectivity index (χ2v) is 16.5. The van der Waals surface area contributed by atoms with Gasteiger partial charge in [0.15, 0.2) is 11.9 Å². The number of para-hydroxylation sites is 1. The summed E-state index contributed by atoms with van der Waals surface area (Å²) in [5.74, 6) is 1.71. The molecule has 0 aliphatic rings. The van der Waals surface area contributed by atoms with Crippen LogP contribution in [0.15, 0.2) is 77.8 Å². The van der Waals surface area contributed by atoms with Crippen molar-refractivity contribution in [2.75, 3.05) is 24.1 Å². The number of sulfonamides is 1. The van der Waals surface area contributed by atoms with E-state index in [1.807, 2.05) is 122 Å². The van der Waals surface area contributed by atoms with Crippen LogP contribution in [-0.4, -0.2) is 68.8 Å². The number of anilines is 1. The highest BCUT2D eigenvalue weighted by molar-refractivity contribution is 7.92. The van der Waals surface area contributed by atoms with Crippen LogP contribution in [0.25, 0.3) is 0 Å². The van der Waals surface area contributed by atoms with Crippen LogP contribution in [0.1, 0.15) is 92.3 Å². The van der Waals surface area contributed by atoms with Crippen molar-refractivity contribution >= 4 is 39.4 Å². The van der Waals surface area contributed by atoms with E-state index in [0.717, 1.165) is 41.5 Å². The number of amidine groups is 1. The Kier molecular flexibility index (Phi) is 20.2. The molecule has 55 heavy (non-hydrogen) atoms. The number of aliphatic imine (C=N–C) groups is 1. The lowest BCUT2D eigenvalue weighted by atomic mass is 10.1. The average Bonchev–Trinajstić information content (AvgIpc) is 3.03. The Bertz CT molecular complexity index is 1790. The number of benzene rings is 3. The standard InChI is InChI=1S/C27H36N2O5.C9H13NO2S.C6H12O2/c1-19-9-7-8-10-24(19)33-25(20(2)30)16-18-32-23-13-11-22(12-14-23)15-17-28-21(3)29-26(31)34-27(4,5)6;1-3-8-5-4-6-9(7-8)10-13(2,11)12;1-5(7)8-6(2,3)4/h7-14,25H,15-18H2,1-6H3,(H,28,29,31);4-7,10H,3H2,1-2H3;1-4H3. The van der Waals surface area contributed by atoms with Crippen molar-refractivity contribution in [2.24, 2.45) is 4.99 Å². The van der Waals surface area contributed by atoms with Crippen LogP contribution in [0.2, 0.25) is 0 Å². The number of alkyl carbamates (subject to hydrolysis) is 1. The Balaban J connectivity index is 0.000000584. The number of rotatable bonds is 13. The molecule has 304 valence electrons. The van der Waals surface area contributed by atoms with Gasteiger partial charge in [0, 0.05) is 25.6 Å². The molecular formula is C42H61N3O9S. The second kappa shape index (κ2) is 23.1. The van der Waals surface area contributed by atoms with Gasteiger partial charge in [-0.05, 0) is 122 Å². The fraction of sp³-hybridized carbons (Fsp3) is 0.476. The highest BCUT2D eigenvalue weighted by Crippen LogP contribution is 2.20. The summed E-state index contributed by atoms with van der Waals surface area (Å²) in [6.45, 7) is 20.5. The molecule has 1 unspecified atom stereocenters. The Hall–Kier alpha value is -4.91.